The molecule has 1 atom stereocenters. The fraction of sp³-hybridized carbons (Fsp3) is 0.875. The van der Waals surface area contributed by atoms with Gasteiger partial charge in [-0.15, -0.1) is 0 Å². The summed E-state index contributed by atoms with van der Waals surface area (Å²) in [6.45, 7) is 4.91. The second-order valence-electron chi connectivity index (χ2n) is 6.70. The molecule has 6 heteroatoms. The van der Waals surface area contributed by atoms with E-state index >= 15 is 0 Å². The zero-order valence-corrected chi connectivity index (χ0v) is 13.3. The minimum atomic E-state index is 0.189. The number of piperidine rings is 1. The van der Waals surface area contributed by atoms with Crippen molar-refractivity contribution in [2.75, 3.05) is 45.9 Å². The zero-order valence-electron chi connectivity index (χ0n) is 13.3. The van der Waals surface area contributed by atoms with Gasteiger partial charge in [0.1, 0.15) is 0 Å². The summed E-state index contributed by atoms with van der Waals surface area (Å²) in [5, 5.41) is 3.18. The molecule has 0 aromatic carbocycles. The summed E-state index contributed by atoms with van der Waals surface area (Å²) in [6.07, 6.45) is 5.34. The lowest BCUT2D eigenvalue weighted by atomic mass is 9.84. The smallest absolute Gasteiger partial charge is 0.236 e. The molecule has 0 aromatic heterocycles. The van der Waals surface area contributed by atoms with Gasteiger partial charge in [0.05, 0.1) is 19.8 Å². The molecular formula is C16H27N3O3. The van der Waals surface area contributed by atoms with Crippen LogP contribution < -0.4 is 5.32 Å². The van der Waals surface area contributed by atoms with Crippen molar-refractivity contribution in [1.82, 2.24) is 15.1 Å². The topological polar surface area (TPSA) is 61.9 Å². The molecule has 1 unspecified atom stereocenters. The summed E-state index contributed by atoms with van der Waals surface area (Å²) in [5.41, 5.74) is 0. The van der Waals surface area contributed by atoms with Crippen LogP contribution in [0.15, 0.2) is 0 Å². The van der Waals surface area contributed by atoms with Gasteiger partial charge in [-0.1, -0.05) is 6.42 Å². The van der Waals surface area contributed by atoms with Crippen LogP contribution in [-0.4, -0.2) is 73.6 Å². The van der Waals surface area contributed by atoms with Crippen molar-refractivity contribution in [2.45, 2.75) is 38.1 Å². The van der Waals surface area contributed by atoms with Gasteiger partial charge < -0.3 is 15.0 Å². The van der Waals surface area contributed by atoms with Crippen molar-refractivity contribution in [2.24, 2.45) is 5.92 Å². The van der Waals surface area contributed by atoms with Gasteiger partial charge in [0.2, 0.25) is 11.8 Å². The van der Waals surface area contributed by atoms with Gasteiger partial charge in [-0.05, 0) is 32.2 Å². The first-order valence-electron chi connectivity index (χ1n) is 8.60. The molecular weight excluding hydrogens is 282 g/mol. The molecule has 1 N–H and O–H groups in total. The summed E-state index contributed by atoms with van der Waals surface area (Å²) in [6, 6.07) is 0.208. The standard InChI is InChI=1S/C16H27N3O3/c20-15(19-7-9-22-10-8-19)12-18-6-2-5-14(11-18)17-16(21)13-3-1-4-13/h13-14H,1-12H2,(H,17,21). The lowest BCUT2D eigenvalue weighted by Gasteiger charge is -2.36. The number of likely N-dealkylation sites (tertiary alicyclic amines) is 1. The Bertz CT molecular complexity index is 405. The quantitative estimate of drug-likeness (QED) is 0.807. The molecule has 0 spiro atoms. The summed E-state index contributed by atoms with van der Waals surface area (Å²) in [5.74, 6) is 0.650. The monoisotopic (exact) mass is 309 g/mol. The zero-order chi connectivity index (χ0) is 15.4. The second-order valence-corrected chi connectivity index (χ2v) is 6.70. The molecule has 2 aliphatic heterocycles. The number of hydrogen-bond acceptors (Lipinski definition) is 4. The third-order valence-electron chi connectivity index (χ3n) is 5.05. The van der Waals surface area contributed by atoms with Crippen LogP contribution in [-0.2, 0) is 14.3 Å². The Labute approximate surface area is 132 Å². The van der Waals surface area contributed by atoms with Crippen LogP contribution in [0.2, 0.25) is 0 Å². The van der Waals surface area contributed by atoms with Gasteiger partial charge in [-0.2, -0.15) is 0 Å². The van der Waals surface area contributed by atoms with Gasteiger partial charge in [0, 0.05) is 31.6 Å². The van der Waals surface area contributed by atoms with E-state index in [1.807, 2.05) is 4.90 Å². The number of ether oxygens (including phenoxy) is 1. The largest absolute Gasteiger partial charge is 0.378 e. The molecule has 3 fully saturated rings. The van der Waals surface area contributed by atoms with Gasteiger partial charge >= 0.3 is 0 Å². The van der Waals surface area contributed by atoms with Crippen LogP contribution >= 0.6 is 0 Å². The predicted octanol–water partition coefficient (Wildman–Crippen LogP) is 0.226. The summed E-state index contributed by atoms with van der Waals surface area (Å²) < 4.78 is 5.28. The Balaban J connectivity index is 1.43. The first-order valence-corrected chi connectivity index (χ1v) is 8.60. The molecule has 2 heterocycles. The maximum atomic E-state index is 12.3. The fourth-order valence-corrected chi connectivity index (χ4v) is 3.41. The number of morpholine rings is 1. The Hall–Kier alpha value is -1.14. The number of hydrogen-bond donors (Lipinski definition) is 1. The number of amides is 2. The maximum absolute atomic E-state index is 12.3. The molecule has 124 valence electrons. The average molecular weight is 309 g/mol. The van der Waals surface area contributed by atoms with E-state index in [9.17, 15) is 9.59 Å². The van der Waals surface area contributed by atoms with Gasteiger partial charge in [-0.3, -0.25) is 14.5 Å². The first-order chi connectivity index (χ1) is 10.7. The molecule has 3 rings (SSSR count). The van der Waals surface area contributed by atoms with Crippen LogP contribution in [0.3, 0.4) is 0 Å². The van der Waals surface area contributed by atoms with E-state index < -0.39 is 0 Å². The van der Waals surface area contributed by atoms with E-state index in [1.165, 1.54) is 6.42 Å². The van der Waals surface area contributed by atoms with Crippen molar-refractivity contribution in [3.8, 4) is 0 Å². The molecule has 2 amide bonds. The normalized spacial score (nSPS) is 27.3. The van der Waals surface area contributed by atoms with Gasteiger partial charge in [0.25, 0.3) is 0 Å². The van der Waals surface area contributed by atoms with E-state index in [0.29, 0.717) is 32.8 Å². The molecule has 1 saturated carbocycles. The van der Waals surface area contributed by atoms with Gasteiger partial charge in [-0.25, -0.2) is 0 Å². The molecule has 2 saturated heterocycles. The Morgan fingerprint density at radius 2 is 1.82 bits per heavy atom. The van der Waals surface area contributed by atoms with Crippen molar-refractivity contribution < 1.29 is 14.3 Å². The number of carbonyl (C=O) groups excluding carboxylic acids is 2. The van der Waals surface area contributed by atoms with Crippen LogP contribution in [0.25, 0.3) is 0 Å². The fourth-order valence-electron chi connectivity index (χ4n) is 3.41. The van der Waals surface area contributed by atoms with Crippen LogP contribution in [0.1, 0.15) is 32.1 Å². The number of nitrogens with zero attached hydrogens (tertiary/aromatic N) is 2. The minimum absolute atomic E-state index is 0.189. The van der Waals surface area contributed by atoms with Crippen LogP contribution in [0.5, 0.6) is 0 Å². The highest BCUT2D eigenvalue weighted by Crippen LogP contribution is 2.26. The molecule has 1 aliphatic carbocycles. The van der Waals surface area contributed by atoms with E-state index in [1.54, 1.807) is 0 Å². The van der Waals surface area contributed by atoms with Crippen molar-refractivity contribution >= 4 is 11.8 Å². The Kier molecular flexibility index (Phi) is 5.31. The maximum Gasteiger partial charge on any atom is 0.236 e. The first kappa shape index (κ1) is 15.7. The van der Waals surface area contributed by atoms with E-state index in [2.05, 4.69) is 10.2 Å². The lowest BCUT2D eigenvalue weighted by Crippen LogP contribution is -2.53. The number of nitrogens with one attached hydrogen (secondary N) is 1. The average Bonchev–Trinajstić information content (AvgIpc) is 2.46. The molecule has 0 aromatic rings. The molecule has 0 radical (unpaired) electrons. The van der Waals surface area contributed by atoms with E-state index in [-0.39, 0.29) is 23.8 Å². The highest BCUT2D eigenvalue weighted by molar-refractivity contribution is 5.80. The predicted molar refractivity (Wildman–Crippen MR) is 82.3 cm³/mol. The third kappa shape index (κ3) is 3.98. The molecule has 0 bridgehead atoms. The van der Waals surface area contributed by atoms with Crippen molar-refractivity contribution in [3.63, 3.8) is 0 Å². The summed E-state index contributed by atoms with van der Waals surface area (Å²) in [7, 11) is 0. The SMILES string of the molecule is O=C(NC1CCCN(CC(=O)N2CCOCC2)C1)C1CCC1. The Morgan fingerprint density at radius 1 is 1.05 bits per heavy atom. The van der Waals surface area contributed by atoms with Crippen LogP contribution in [0.4, 0.5) is 0 Å². The Morgan fingerprint density at radius 3 is 2.50 bits per heavy atom. The molecule has 3 aliphatic rings. The molecule has 6 nitrogen and oxygen atoms in total. The highest BCUT2D eigenvalue weighted by Gasteiger charge is 2.29. The van der Waals surface area contributed by atoms with Crippen molar-refractivity contribution in [1.29, 1.82) is 0 Å². The van der Waals surface area contributed by atoms with E-state index in [4.69, 9.17) is 4.74 Å². The minimum Gasteiger partial charge on any atom is -0.378 e. The number of rotatable bonds is 4. The number of carbonyl (C=O) groups is 2. The van der Waals surface area contributed by atoms with Crippen LogP contribution in [0, 0.1) is 5.92 Å². The van der Waals surface area contributed by atoms with E-state index in [0.717, 1.165) is 38.8 Å². The molecule has 22 heavy (non-hydrogen) atoms. The second kappa shape index (κ2) is 7.42. The highest BCUT2D eigenvalue weighted by atomic mass is 16.5. The third-order valence-corrected chi connectivity index (χ3v) is 5.05. The summed E-state index contributed by atoms with van der Waals surface area (Å²) in [4.78, 5) is 28.4. The lowest BCUT2D eigenvalue weighted by molar-refractivity contribution is -0.136. The summed E-state index contributed by atoms with van der Waals surface area (Å²) >= 11 is 0. The van der Waals surface area contributed by atoms with Gasteiger partial charge in [0.15, 0.2) is 0 Å². The van der Waals surface area contributed by atoms with Crippen molar-refractivity contribution in [3.05, 3.63) is 0 Å².